The first kappa shape index (κ1) is 20.6. The molecule has 0 amide bonds. The van der Waals surface area contributed by atoms with Crippen molar-refractivity contribution in [2.75, 3.05) is 6.56 Å². The Morgan fingerprint density at radius 2 is 1.44 bits per heavy atom. The zero-order chi connectivity index (χ0) is 21.2. The molecule has 1 aromatic rings. The summed E-state index contributed by atoms with van der Waals surface area (Å²) < 4.78 is 20.5. The minimum Gasteiger partial charge on any atom is -0.392 e. The van der Waals surface area contributed by atoms with Gasteiger partial charge in [0.1, 0.15) is 0 Å². The Morgan fingerprint density at radius 3 is 2.00 bits per heavy atom. The molecule has 0 radical (unpaired) electrons. The molecule has 0 aliphatic rings. The van der Waals surface area contributed by atoms with Crippen LogP contribution < -0.4 is 0 Å². The normalized spacial score (nSPS) is 14.3. The third-order valence-electron chi connectivity index (χ3n) is 5.03. The maximum absolute atomic E-state index is 9.32. The highest BCUT2D eigenvalue weighted by atomic mass is 16.5. The van der Waals surface area contributed by atoms with Gasteiger partial charge in [-0.1, -0.05) is 126 Å². The molecule has 0 aromatic heterocycles. The van der Waals surface area contributed by atoms with Gasteiger partial charge < -0.3 is 9.84 Å². The predicted octanol–water partition coefficient (Wildman–Crippen LogP) is 7.21. The van der Waals surface area contributed by atoms with Crippen molar-refractivity contribution in [3.63, 3.8) is 0 Å². The summed E-state index contributed by atoms with van der Waals surface area (Å²) in [6.07, 6.45) is 19.3. The highest BCUT2D eigenvalue weighted by molar-refractivity contribution is 5.13. The van der Waals surface area contributed by atoms with Crippen molar-refractivity contribution in [1.29, 1.82) is 0 Å². The summed E-state index contributed by atoms with van der Waals surface area (Å²) in [5.41, 5.74) is 1.10. The van der Waals surface area contributed by atoms with Crippen LogP contribution >= 0.6 is 0 Å². The van der Waals surface area contributed by atoms with Crippen molar-refractivity contribution >= 4 is 0 Å². The van der Waals surface area contributed by atoms with Crippen LogP contribution in [0.4, 0.5) is 0 Å². The quantitative estimate of drug-likeness (QED) is 0.166. The SMILES string of the molecule is [2H][13C]([2H])(O)/[13CH]=C/[C@@H](CCCCCCCCCCCCCC)OCc1ccccc1. The Balaban J connectivity index is 2.15. The van der Waals surface area contributed by atoms with Gasteiger partial charge in [-0.25, -0.2) is 0 Å². The lowest BCUT2D eigenvalue weighted by Gasteiger charge is -2.14. The van der Waals surface area contributed by atoms with Gasteiger partial charge in [0, 0.05) is 0 Å². The van der Waals surface area contributed by atoms with Crippen molar-refractivity contribution < 1.29 is 12.6 Å². The zero-order valence-electron chi connectivity index (χ0n) is 19.4. The van der Waals surface area contributed by atoms with Crippen LogP contribution in [0.25, 0.3) is 0 Å². The Morgan fingerprint density at radius 1 is 0.889 bits per heavy atom. The molecule has 0 unspecified atom stereocenters. The Labute approximate surface area is 170 Å². The monoisotopic (exact) mass is 378 g/mol. The van der Waals surface area contributed by atoms with Crippen molar-refractivity contribution in [2.24, 2.45) is 0 Å². The van der Waals surface area contributed by atoms with Crippen LogP contribution in [0, 0.1) is 0 Å². The Kier molecular flexibility index (Phi) is 13.9. The average Bonchev–Trinajstić information content (AvgIpc) is 2.70. The van der Waals surface area contributed by atoms with E-state index < -0.39 is 6.56 Å². The number of hydrogen-bond acceptors (Lipinski definition) is 2. The maximum atomic E-state index is 9.32. The molecule has 2 nitrogen and oxygen atoms in total. The highest BCUT2D eigenvalue weighted by Gasteiger charge is 2.05. The first-order valence-corrected chi connectivity index (χ1v) is 11.1. The molecular weight excluding hydrogens is 334 g/mol. The van der Waals surface area contributed by atoms with Crippen LogP contribution in [-0.4, -0.2) is 17.8 Å². The molecule has 0 aliphatic heterocycles. The molecule has 0 heterocycles. The van der Waals surface area contributed by atoms with E-state index in [4.69, 9.17) is 7.48 Å². The largest absolute Gasteiger partial charge is 0.392 e. The molecule has 0 aliphatic carbocycles. The Bertz CT molecular complexity index is 511. The second-order valence-corrected chi connectivity index (χ2v) is 7.50. The average molecular weight is 379 g/mol. The molecule has 0 fully saturated rings. The van der Waals surface area contributed by atoms with Crippen LogP contribution in [0.1, 0.15) is 98.7 Å². The van der Waals surface area contributed by atoms with Crippen molar-refractivity contribution in [2.45, 2.75) is 103 Å². The van der Waals surface area contributed by atoms with E-state index in [-0.39, 0.29) is 6.10 Å². The fourth-order valence-electron chi connectivity index (χ4n) is 3.35. The summed E-state index contributed by atoms with van der Waals surface area (Å²) in [5, 5.41) is 9.32. The highest BCUT2D eigenvalue weighted by Crippen LogP contribution is 2.15. The number of unbranched alkanes of at least 4 members (excludes halogenated alkanes) is 11. The van der Waals surface area contributed by atoms with Gasteiger partial charge in [-0.05, 0) is 12.0 Å². The number of aliphatic hydroxyl groups is 1. The van der Waals surface area contributed by atoms with Crippen LogP contribution in [0.15, 0.2) is 42.5 Å². The molecule has 0 bridgehead atoms. The Hall–Kier alpha value is -1.12. The van der Waals surface area contributed by atoms with Crippen LogP contribution in [0.3, 0.4) is 0 Å². The van der Waals surface area contributed by atoms with Gasteiger partial charge in [-0.2, -0.15) is 0 Å². The summed E-state index contributed by atoms with van der Waals surface area (Å²) in [6.45, 7) is 0.478. The van der Waals surface area contributed by atoms with Crippen molar-refractivity contribution in [3.8, 4) is 0 Å². The van der Waals surface area contributed by atoms with E-state index in [1.807, 2.05) is 30.3 Å². The second-order valence-electron chi connectivity index (χ2n) is 7.50. The summed E-state index contributed by atoms with van der Waals surface area (Å²) >= 11 is 0. The van der Waals surface area contributed by atoms with Crippen LogP contribution in [-0.2, 0) is 11.3 Å². The summed E-state index contributed by atoms with van der Waals surface area (Å²) in [5.74, 6) is 0. The van der Waals surface area contributed by atoms with Crippen molar-refractivity contribution in [1.82, 2.24) is 0 Å². The molecule has 27 heavy (non-hydrogen) atoms. The van der Waals surface area contributed by atoms with E-state index in [1.165, 1.54) is 76.7 Å². The molecule has 1 aromatic carbocycles. The molecule has 1 N–H and O–H groups in total. The lowest BCUT2D eigenvalue weighted by atomic mass is 10.0. The first-order chi connectivity index (χ1) is 14.0. The van der Waals surface area contributed by atoms with Crippen LogP contribution in [0.2, 0.25) is 0 Å². The fourth-order valence-corrected chi connectivity index (χ4v) is 3.35. The fraction of sp³-hybridized carbons (Fsp3) is 0.680. The van der Waals surface area contributed by atoms with E-state index in [9.17, 15) is 5.11 Å². The van der Waals surface area contributed by atoms with Gasteiger partial charge in [0.05, 0.1) is 22.0 Å². The summed E-state index contributed by atoms with van der Waals surface area (Å²) in [7, 11) is 0. The molecular formula is C25H42O2. The number of benzene rings is 1. The molecule has 0 saturated carbocycles. The number of hydrogen-bond donors (Lipinski definition) is 1. The minimum absolute atomic E-state index is 0.166. The van der Waals surface area contributed by atoms with E-state index >= 15 is 0 Å². The molecule has 0 spiro atoms. The first-order valence-electron chi connectivity index (χ1n) is 12.1. The minimum atomic E-state index is -2.29. The summed E-state index contributed by atoms with van der Waals surface area (Å²) in [6, 6.07) is 10.0. The molecule has 154 valence electrons. The molecule has 1 rings (SSSR count). The topological polar surface area (TPSA) is 29.5 Å². The second kappa shape index (κ2) is 18.3. The predicted molar refractivity (Wildman–Crippen MR) is 117 cm³/mol. The van der Waals surface area contributed by atoms with Crippen molar-refractivity contribution in [3.05, 3.63) is 48.0 Å². The third kappa shape index (κ3) is 14.6. The van der Waals surface area contributed by atoms with Gasteiger partial charge in [-0.15, -0.1) is 0 Å². The van der Waals surface area contributed by atoms with Gasteiger partial charge >= 0.3 is 0 Å². The molecule has 1 atom stereocenters. The van der Waals surface area contributed by atoms with Gasteiger partial charge in [0.2, 0.25) is 0 Å². The van der Waals surface area contributed by atoms with E-state index in [0.717, 1.165) is 18.4 Å². The molecule has 0 saturated heterocycles. The lowest BCUT2D eigenvalue weighted by molar-refractivity contribution is 0.0643. The maximum Gasteiger partial charge on any atom is 0.0761 e. The van der Waals surface area contributed by atoms with Gasteiger partial charge in [0.25, 0.3) is 0 Å². The van der Waals surface area contributed by atoms with Gasteiger partial charge in [-0.3, -0.25) is 0 Å². The van der Waals surface area contributed by atoms with Crippen LogP contribution in [0.5, 0.6) is 0 Å². The number of ether oxygens (including phenoxy) is 1. The molecule has 2 heteroatoms. The van der Waals surface area contributed by atoms with E-state index in [0.29, 0.717) is 6.61 Å². The summed E-state index contributed by atoms with van der Waals surface area (Å²) in [4.78, 5) is 0. The standard InChI is InChI=1S/C25H42O2/c1-2-3-4-5-6-7-8-9-10-11-12-16-20-25(21-17-22-26)27-23-24-18-14-13-15-19-24/h13-15,17-19,21,25-26H,2-12,16,20,22-23H2,1H3/b21-17+/t25-/m1/s1/i17+1,22+1D2. The lowest BCUT2D eigenvalue weighted by Crippen LogP contribution is -2.10. The zero-order valence-corrected chi connectivity index (χ0v) is 17.4. The third-order valence-corrected chi connectivity index (χ3v) is 5.03. The van der Waals surface area contributed by atoms with Gasteiger partial charge in [0.15, 0.2) is 0 Å². The van der Waals surface area contributed by atoms with E-state index in [2.05, 4.69) is 6.92 Å². The smallest absolute Gasteiger partial charge is 0.0761 e. The number of rotatable bonds is 18. The van der Waals surface area contributed by atoms with E-state index in [1.54, 1.807) is 6.08 Å².